The maximum atomic E-state index is 12.7. The molecule has 0 saturated heterocycles. The summed E-state index contributed by atoms with van der Waals surface area (Å²) in [6, 6.07) is 0. The first kappa shape index (κ1) is 53.5. The Hall–Kier alpha value is -2.49. The normalized spacial score (nSPS) is 13.2. The van der Waals surface area contributed by atoms with Crippen molar-refractivity contribution >= 4 is 17.9 Å². The standard InChI is InChI=1S/C47H85NO8/c1-6-8-10-12-14-16-18-19-20-21-22-23-24-25-26-27-28-30-32-34-36-38-45(50)56-43(42-55-47(46(51)52)53-40-39-48(3,4)5)41-54-44(49)37-35-33-31-29-17-15-13-11-9-7-2/h11,13,18-19,21-22,43,47H,6-10,12,14-17,20,23-42H2,1-5H3/b13-11-,19-18-,22-21-. The summed E-state index contributed by atoms with van der Waals surface area (Å²) in [5.41, 5.74) is 0. The second-order valence-electron chi connectivity index (χ2n) is 16.3. The van der Waals surface area contributed by atoms with Gasteiger partial charge >= 0.3 is 11.9 Å². The summed E-state index contributed by atoms with van der Waals surface area (Å²) in [5, 5.41) is 11.7. The van der Waals surface area contributed by atoms with Crippen molar-refractivity contribution in [2.75, 3.05) is 47.5 Å². The molecule has 0 N–H and O–H groups in total. The minimum atomic E-state index is -1.62. The van der Waals surface area contributed by atoms with Gasteiger partial charge in [-0.15, -0.1) is 0 Å². The fraction of sp³-hybridized carbons (Fsp3) is 0.809. The van der Waals surface area contributed by atoms with Crippen LogP contribution < -0.4 is 5.11 Å². The highest BCUT2D eigenvalue weighted by molar-refractivity contribution is 5.70. The molecule has 326 valence electrons. The lowest BCUT2D eigenvalue weighted by Crippen LogP contribution is -2.44. The van der Waals surface area contributed by atoms with Crippen LogP contribution >= 0.6 is 0 Å². The van der Waals surface area contributed by atoms with Gasteiger partial charge in [0.05, 0.1) is 40.3 Å². The molecule has 0 radical (unpaired) electrons. The number of unbranched alkanes of at least 4 members (excludes halogenated alkanes) is 20. The molecule has 0 aliphatic rings. The highest BCUT2D eigenvalue weighted by atomic mass is 16.7. The van der Waals surface area contributed by atoms with Crippen LogP contribution in [0.2, 0.25) is 0 Å². The fourth-order valence-corrected chi connectivity index (χ4v) is 6.04. The van der Waals surface area contributed by atoms with Gasteiger partial charge in [0, 0.05) is 12.8 Å². The molecule has 0 aromatic carbocycles. The number of likely N-dealkylation sites (N-methyl/N-ethyl adjacent to an activating group) is 1. The molecule has 9 nitrogen and oxygen atoms in total. The predicted octanol–water partition coefficient (Wildman–Crippen LogP) is 10.5. The van der Waals surface area contributed by atoms with Crippen molar-refractivity contribution in [3.63, 3.8) is 0 Å². The number of hydrogen-bond acceptors (Lipinski definition) is 8. The molecular formula is C47H85NO8. The second kappa shape index (κ2) is 39.3. The third-order valence-corrected chi connectivity index (χ3v) is 9.59. The van der Waals surface area contributed by atoms with Crippen LogP contribution in [0.4, 0.5) is 0 Å². The molecule has 2 unspecified atom stereocenters. The quantitative estimate of drug-likeness (QED) is 0.0198. The van der Waals surface area contributed by atoms with Gasteiger partial charge in [-0.3, -0.25) is 9.59 Å². The van der Waals surface area contributed by atoms with Crippen molar-refractivity contribution < 1.29 is 42.9 Å². The lowest BCUT2D eigenvalue weighted by Gasteiger charge is -2.26. The zero-order chi connectivity index (χ0) is 41.4. The van der Waals surface area contributed by atoms with Crippen LogP contribution in [0.5, 0.6) is 0 Å². The van der Waals surface area contributed by atoms with Gasteiger partial charge in [-0.1, -0.05) is 147 Å². The third-order valence-electron chi connectivity index (χ3n) is 9.59. The minimum absolute atomic E-state index is 0.145. The van der Waals surface area contributed by atoms with Crippen molar-refractivity contribution in [3.05, 3.63) is 36.5 Å². The first-order valence-electron chi connectivity index (χ1n) is 22.6. The first-order valence-corrected chi connectivity index (χ1v) is 22.6. The predicted molar refractivity (Wildman–Crippen MR) is 228 cm³/mol. The maximum Gasteiger partial charge on any atom is 0.306 e. The first-order chi connectivity index (χ1) is 27.1. The molecule has 0 amide bonds. The van der Waals surface area contributed by atoms with E-state index in [0.29, 0.717) is 17.4 Å². The number of ether oxygens (including phenoxy) is 4. The van der Waals surface area contributed by atoms with Crippen LogP contribution in [-0.4, -0.2) is 82.3 Å². The number of esters is 2. The lowest BCUT2D eigenvalue weighted by atomic mass is 10.1. The van der Waals surface area contributed by atoms with Gasteiger partial charge in [-0.05, 0) is 64.2 Å². The SMILES string of the molecule is CCC/C=C\CCCCCCCC(=O)OCC(COC(OCC[N+](C)(C)C)C(=O)[O-])OC(=O)CCCCCCCCCCC/C=C\C/C=C\CCCCCCC. The van der Waals surface area contributed by atoms with Crippen LogP contribution in [0.3, 0.4) is 0 Å². The highest BCUT2D eigenvalue weighted by Crippen LogP contribution is 2.14. The number of carboxylic acid groups (broad SMARTS) is 1. The van der Waals surface area contributed by atoms with E-state index < -0.39 is 24.3 Å². The van der Waals surface area contributed by atoms with Gasteiger partial charge in [0.15, 0.2) is 12.4 Å². The molecule has 0 saturated carbocycles. The van der Waals surface area contributed by atoms with Crippen LogP contribution in [0.1, 0.15) is 187 Å². The molecule has 0 aromatic rings. The summed E-state index contributed by atoms with van der Waals surface area (Å²) in [6.07, 6.45) is 40.4. The van der Waals surface area contributed by atoms with Crippen molar-refractivity contribution in [1.29, 1.82) is 0 Å². The largest absolute Gasteiger partial charge is 0.545 e. The minimum Gasteiger partial charge on any atom is -0.545 e. The lowest BCUT2D eigenvalue weighted by molar-refractivity contribution is -0.870. The molecule has 0 aliphatic heterocycles. The molecule has 2 atom stereocenters. The number of carbonyl (C=O) groups is 3. The smallest absolute Gasteiger partial charge is 0.306 e. The summed E-state index contributed by atoms with van der Waals surface area (Å²) >= 11 is 0. The van der Waals surface area contributed by atoms with Crippen molar-refractivity contribution in [2.24, 2.45) is 0 Å². The van der Waals surface area contributed by atoms with Gasteiger partial charge in [-0.2, -0.15) is 0 Å². The number of rotatable bonds is 41. The van der Waals surface area contributed by atoms with E-state index >= 15 is 0 Å². The maximum absolute atomic E-state index is 12.7. The van der Waals surface area contributed by atoms with Crippen molar-refractivity contribution in [3.8, 4) is 0 Å². The van der Waals surface area contributed by atoms with E-state index in [1.54, 1.807) is 0 Å². The van der Waals surface area contributed by atoms with Gasteiger partial charge in [0.1, 0.15) is 13.2 Å². The van der Waals surface area contributed by atoms with E-state index in [9.17, 15) is 19.5 Å². The number of carboxylic acids is 1. The Morgan fingerprint density at radius 3 is 1.50 bits per heavy atom. The molecule has 0 aliphatic carbocycles. The van der Waals surface area contributed by atoms with E-state index in [0.717, 1.165) is 77.0 Å². The van der Waals surface area contributed by atoms with E-state index in [-0.39, 0.29) is 38.6 Å². The van der Waals surface area contributed by atoms with Gasteiger partial charge in [0.25, 0.3) is 0 Å². The van der Waals surface area contributed by atoms with Crippen LogP contribution in [0.15, 0.2) is 36.5 Å². The summed E-state index contributed by atoms with van der Waals surface area (Å²) in [5.74, 6) is -2.30. The monoisotopic (exact) mass is 792 g/mol. The average Bonchev–Trinajstić information content (AvgIpc) is 3.15. The number of carbonyl (C=O) groups excluding carboxylic acids is 3. The average molecular weight is 792 g/mol. The molecule has 0 aromatic heterocycles. The summed E-state index contributed by atoms with van der Waals surface area (Å²) in [7, 11) is 5.90. The highest BCUT2D eigenvalue weighted by Gasteiger charge is 2.21. The van der Waals surface area contributed by atoms with Gasteiger partial charge < -0.3 is 33.3 Å². The number of nitrogens with zero attached hydrogens (tertiary/aromatic N) is 1. The summed E-state index contributed by atoms with van der Waals surface area (Å²) in [4.78, 5) is 36.9. The van der Waals surface area contributed by atoms with E-state index in [2.05, 4.69) is 50.3 Å². The van der Waals surface area contributed by atoms with Crippen molar-refractivity contribution in [1.82, 2.24) is 0 Å². The van der Waals surface area contributed by atoms with Gasteiger partial charge in [0.2, 0.25) is 0 Å². The van der Waals surface area contributed by atoms with Crippen LogP contribution in [-0.2, 0) is 33.3 Å². The third kappa shape index (κ3) is 39.7. The van der Waals surface area contributed by atoms with Crippen LogP contribution in [0, 0.1) is 0 Å². The van der Waals surface area contributed by atoms with E-state index in [1.807, 2.05) is 21.1 Å². The molecule has 0 bridgehead atoms. The molecule has 0 spiro atoms. The molecule has 0 heterocycles. The Labute approximate surface area is 343 Å². The molecule has 56 heavy (non-hydrogen) atoms. The molecule has 9 heteroatoms. The Morgan fingerprint density at radius 2 is 1.00 bits per heavy atom. The van der Waals surface area contributed by atoms with E-state index in [1.165, 1.54) is 77.0 Å². The molecule has 0 rings (SSSR count). The Balaban J connectivity index is 4.36. The summed E-state index contributed by atoms with van der Waals surface area (Å²) in [6.45, 7) is 4.65. The zero-order valence-electron chi connectivity index (χ0n) is 36.8. The van der Waals surface area contributed by atoms with E-state index in [4.69, 9.17) is 18.9 Å². The summed E-state index contributed by atoms with van der Waals surface area (Å²) < 4.78 is 22.5. The zero-order valence-corrected chi connectivity index (χ0v) is 36.8. The topological polar surface area (TPSA) is 111 Å². The number of quaternary nitrogens is 1. The molecule has 0 fully saturated rings. The Bertz CT molecular complexity index is 1020. The second-order valence-corrected chi connectivity index (χ2v) is 16.3. The van der Waals surface area contributed by atoms with Crippen molar-refractivity contribution in [2.45, 2.75) is 200 Å². The number of aliphatic carboxylic acids is 1. The number of allylic oxidation sites excluding steroid dienone is 6. The van der Waals surface area contributed by atoms with Gasteiger partial charge in [-0.25, -0.2) is 0 Å². The fourth-order valence-electron chi connectivity index (χ4n) is 6.04. The molecular weight excluding hydrogens is 707 g/mol. The van der Waals surface area contributed by atoms with Crippen LogP contribution in [0.25, 0.3) is 0 Å². The number of hydrogen-bond donors (Lipinski definition) is 0. The Kier molecular flexibility index (Phi) is 37.6. The Morgan fingerprint density at radius 1 is 0.536 bits per heavy atom.